The van der Waals surface area contributed by atoms with Gasteiger partial charge in [-0.25, -0.2) is 4.98 Å². The number of phenolic OH excluding ortho intramolecular Hbond substituents is 1. The van der Waals surface area contributed by atoms with Crippen LogP contribution in [-0.4, -0.2) is 23.1 Å². The summed E-state index contributed by atoms with van der Waals surface area (Å²) in [4.78, 5) is 17.1. The SMILES string of the molecule is COc1cc(/C=C(\C#N)C(=O)Nc2nc(-c3cc(C)c(C)cc3C)cs2)ccc1O. The van der Waals surface area contributed by atoms with Crippen LogP contribution in [0.3, 0.4) is 0 Å². The number of amides is 1. The molecule has 0 unspecified atom stereocenters. The van der Waals surface area contributed by atoms with Crippen LogP contribution in [0.5, 0.6) is 11.5 Å². The summed E-state index contributed by atoms with van der Waals surface area (Å²) in [5.41, 5.74) is 5.77. The summed E-state index contributed by atoms with van der Waals surface area (Å²) < 4.78 is 5.06. The van der Waals surface area contributed by atoms with E-state index in [4.69, 9.17) is 4.74 Å². The number of nitrogens with one attached hydrogen (secondary N) is 1. The maximum atomic E-state index is 12.6. The summed E-state index contributed by atoms with van der Waals surface area (Å²) in [7, 11) is 1.43. The molecule has 0 atom stereocenters. The molecule has 7 heteroatoms. The summed E-state index contributed by atoms with van der Waals surface area (Å²) in [6.45, 7) is 6.15. The number of methoxy groups -OCH3 is 1. The largest absolute Gasteiger partial charge is 0.504 e. The van der Waals surface area contributed by atoms with E-state index in [1.165, 1.54) is 41.7 Å². The van der Waals surface area contributed by atoms with Gasteiger partial charge < -0.3 is 9.84 Å². The number of aromatic hydroxyl groups is 1. The minimum absolute atomic E-state index is 0.0189. The number of aryl methyl sites for hydroxylation is 3. The topological polar surface area (TPSA) is 95.2 Å². The Morgan fingerprint density at radius 3 is 2.63 bits per heavy atom. The molecule has 0 fully saturated rings. The molecule has 3 aromatic rings. The van der Waals surface area contributed by atoms with Crippen LogP contribution in [0, 0.1) is 32.1 Å². The van der Waals surface area contributed by atoms with Crippen LogP contribution in [0.25, 0.3) is 17.3 Å². The number of anilines is 1. The quantitative estimate of drug-likeness (QED) is 0.448. The number of ether oxygens (including phenoxy) is 1. The zero-order chi connectivity index (χ0) is 21.8. The fourth-order valence-corrected chi connectivity index (χ4v) is 3.66. The second-order valence-corrected chi connectivity index (χ2v) is 7.70. The highest BCUT2D eigenvalue weighted by molar-refractivity contribution is 7.14. The van der Waals surface area contributed by atoms with Crippen molar-refractivity contribution in [3.05, 3.63) is 63.5 Å². The molecule has 0 aliphatic rings. The van der Waals surface area contributed by atoms with Gasteiger partial charge in [-0.1, -0.05) is 12.1 Å². The smallest absolute Gasteiger partial charge is 0.268 e. The number of hydrogen-bond donors (Lipinski definition) is 2. The molecule has 1 aromatic heterocycles. The van der Waals surface area contributed by atoms with E-state index >= 15 is 0 Å². The van der Waals surface area contributed by atoms with Crippen LogP contribution in [0.1, 0.15) is 22.3 Å². The van der Waals surface area contributed by atoms with Gasteiger partial charge >= 0.3 is 0 Å². The first-order valence-electron chi connectivity index (χ1n) is 9.16. The molecular formula is C23H21N3O3S. The standard InChI is InChI=1S/C23H21N3O3S/c1-13-7-15(3)18(8-14(13)2)19-12-30-23(25-19)26-22(28)17(11-24)9-16-5-6-20(27)21(10-16)29-4/h5-10,12,27H,1-4H3,(H,25,26,28)/b17-9+. The Hall–Kier alpha value is -3.63. The monoisotopic (exact) mass is 419 g/mol. The number of nitriles is 1. The number of nitrogens with zero attached hydrogens (tertiary/aromatic N) is 2. The Morgan fingerprint density at radius 2 is 1.93 bits per heavy atom. The third kappa shape index (κ3) is 4.50. The Bertz CT molecular complexity index is 1190. The first kappa shape index (κ1) is 21.1. The summed E-state index contributed by atoms with van der Waals surface area (Å²) >= 11 is 1.30. The lowest BCUT2D eigenvalue weighted by atomic mass is 9.99. The lowest BCUT2D eigenvalue weighted by Gasteiger charge is -2.07. The molecule has 1 heterocycles. The number of phenols is 1. The van der Waals surface area contributed by atoms with Crippen molar-refractivity contribution in [2.45, 2.75) is 20.8 Å². The number of aromatic nitrogens is 1. The van der Waals surface area contributed by atoms with Crippen LogP contribution in [0.2, 0.25) is 0 Å². The molecule has 30 heavy (non-hydrogen) atoms. The lowest BCUT2D eigenvalue weighted by molar-refractivity contribution is -0.112. The molecule has 0 aliphatic carbocycles. The average Bonchev–Trinajstić information content (AvgIpc) is 3.18. The van der Waals surface area contributed by atoms with Gasteiger partial charge in [0.15, 0.2) is 16.6 Å². The maximum absolute atomic E-state index is 12.6. The van der Waals surface area contributed by atoms with E-state index in [-0.39, 0.29) is 17.1 Å². The van der Waals surface area contributed by atoms with Crippen LogP contribution in [0.4, 0.5) is 5.13 Å². The van der Waals surface area contributed by atoms with Crippen molar-refractivity contribution in [1.82, 2.24) is 4.98 Å². The number of hydrogen-bond acceptors (Lipinski definition) is 6. The second kappa shape index (κ2) is 8.80. The van der Waals surface area contributed by atoms with Crippen LogP contribution < -0.4 is 10.1 Å². The molecule has 3 rings (SSSR count). The van der Waals surface area contributed by atoms with Gasteiger partial charge in [-0.05, 0) is 67.3 Å². The number of carbonyl (C=O) groups excluding carboxylic acids is 1. The zero-order valence-corrected chi connectivity index (χ0v) is 17.9. The van der Waals surface area contributed by atoms with Gasteiger partial charge in [0.25, 0.3) is 5.91 Å². The first-order valence-corrected chi connectivity index (χ1v) is 10.0. The zero-order valence-electron chi connectivity index (χ0n) is 17.1. The molecule has 0 aliphatic heterocycles. The fraction of sp³-hybridized carbons (Fsp3) is 0.174. The third-order valence-electron chi connectivity index (χ3n) is 4.72. The Morgan fingerprint density at radius 1 is 1.20 bits per heavy atom. The van der Waals surface area contributed by atoms with Gasteiger partial charge in [0.05, 0.1) is 12.8 Å². The van der Waals surface area contributed by atoms with Crippen molar-refractivity contribution in [2.24, 2.45) is 0 Å². The number of thiazole rings is 1. The molecule has 0 radical (unpaired) electrons. The molecule has 152 valence electrons. The summed E-state index contributed by atoms with van der Waals surface area (Å²) in [6.07, 6.45) is 1.43. The van der Waals surface area contributed by atoms with E-state index in [1.807, 2.05) is 18.4 Å². The highest BCUT2D eigenvalue weighted by Crippen LogP contribution is 2.30. The molecular weight excluding hydrogens is 398 g/mol. The molecule has 1 amide bonds. The molecule has 2 aromatic carbocycles. The molecule has 0 bridgehead atoms. The summed E-state index contributed by atoms with van der Waals surface area (Å²) in [6, 6.07) is 10.7. The fourth-order valence-electron chi connectivity index (χ4n) is 2.96. The molecule has 6 nitrogen and oxygen atoms in total. The summed E-state index contributed by atoms with van der Waals surface area (Å²) in [5, 5.41) is 24.1. The van der Waals surface area contributed by atoms with Crippen molar-refractivity contribution in [3.8, 4) is 28.8 Å². The Kier molecular flexibility index (Phi) is 6.19. The summed E-state index contributed by atoms with van der Waals surface area (Å²) in [5.74, 6) is -0.313. The van der Waals surface area contributed by atoms with Crippen molar-refractivity contribution < 1.29 is 14.6 Å². The van der Waals surface area contributed by atoms with Crippen LogP contribution in [-0.2, 0) is 4.79 Å². The van der Waals surface area contributed by atoms with E-state index < -0.39 is 5.91 Å². The van der Waals surface area contributed by atoms with Crippen molar-refractivity contribution in [3.63, 3.8) is 0 Å². The van der Waals surface area contributed by atoms with Crippen molar-refractivity contribution in [1.29, 1.82) is 5.26 Å². The Balaban J connectivity index is 1.82. The number of benzene rings is 2. The second-order valence-electron chi connectivity index (χ2n) is 6.84. The van der Waals surface area contributed by atoms with E-state index in [1.54, 1.807) is 12.1 Å². The normalized spacial score (nSPS) is 11.1. The third-order valence-corrected chi connectivity index (χ3v) is 5.48. The van der Waals surface area contributed by atoms with Gasteiger partial charge in [-0.2, -0.15) is 5.26 Å². The van der Waals surface area contributed by atoms with Gasteiger partial charge in [0.2, 0.25) is 0 Å². The predicted molar refractivity (Wildman–Crippen MR) is 119 cm³/mol. The molecule has 2 N–H and O–H groups in total. The average molecular weight is 420 g/mol. The Labute approximate surface area is 179 Å². The highest BCUT2D eigenvalue weighted by atomic mass is 32.1. The van der Waals surface area contributed by atoms with Gasteiger partial charge in [0.1, 0.15) is 11.6 Å². The van der Waals surface area contributed by atoms with E-state index in [2.05, 4.69) is 36.3 Å². The lowest BCUT2D eigenvalue weighted by Crippen LogP contribution is -2.13. The van der Waals surface area contributed by atoms with E-state index in [0.717, 1.165) is 16.8 Å². The highest BCUT2D eigenvalue weighted by Gasteiger charge is 2.14. The molecule has 0 spiro atoms. The van der Waals surface area contributed by atoms with E-state index in [0.29, 0.717) is 10.7 Å². The van der Waals surface area contributed by atoms with Crippen LogP contribution in [0.15, 0.2) is 41.3 Å². The van der Waals surface area contributed by atoms with Crippen LogP contribution >= 0.6 is 11.3 Å². The maximum Gasteiger partial charge on any atom is 0.268 e. The first-order chi connectivity index (χ1) is 14.3. The van der Waals surface area contributed by atoms with Gasteiger partial charge in [-0.15, -0.1) is 11.3 Å². The molecule has 0 saturated carbocycles. The van der Waals surface area contributed by atoms with Gasteiger partial charge in [0, 0.05) is 10.9 Å². The van der Waals surface area contributed by atoms with E-state index in [9.17, 15) is 15.2 Å². The van der Waals surface area contributed by atoms with Gasteiger partial charge in [-0.3, -0.25) is 10.1 Å². The van der Waals surface area contributed by atoms with Crippen molar-refractivity contribution in [2.75, 3.05) is 12.4 Å². The minimum atomic E-state index is -0.553. The van der Waals surface area contributed by atoms with Crippen molar-refractivity contribution >= 4 is 28.5 Å². The minimum Gasteiger partial charge on any atom is -0.504 e. The number of rotatable bonds is 5. The predicted octanol–water partition coefficient (Wildman–Crippen LogP) is 5.00. The number of carbonyl (C=O) groups is 1. The molecule has 0 saturated heterocycles.